The van der Waals surface area contributed by atoms with Crippen molar-refractivity contribution < 1.29 is 9.53 Å². The maximum absolute atomic E-state index is 11.0. The van der Waals surface area contributed by atoms with Crippen molar-refractivity contribution in [2.45, 2.75) is 0 Å². The van der Waals surface area contributed by atoms with Gasteiger partial charge in [-0.15, -0.1) is 0 Å². The first-order chi connectivity index (χ1) is 9.79. The zero-order valence-corrected chi connectivity index (χ0v) is 12.1. The zero-order chi connectivity index (χ0) is 13.9. The number of hydrogen-bond acceptors (Lipinski definition) is 2. The average Bonchev–Trinajstić information content (AvgIpc) is 2.51. The van der Waals surface area contributed by atoms with Gasteiger partial charge in [-0.1, -0.05) is 42.5 Å². The molecule has 0 fully saturated rings. The van der Waals surface area contributed by atoms with E-state index in [0.29, 0.717) is 17.1 Å². The summed E-state index contributed by atoms with van der Waals surface area (Å²) in [6.07, 6.45) is 0.796. The van der Waals surface area contributed by atoms with Crippen molar-refractivity contribution >= 4 is 33.0 Å². The van der Waals surface area contributed by atoms with Crippen LogP contribution in [0.1, 0.15) is 10.4 Å². The standard InChI is InChI=1S/C17H11BrO2/c18-17-14-7-3-1-5-12(14)9-10-16(17)20-15-8-4-2-6-13(15)11-19/h1-11H. The Labute approximate surface area is 125 Å². The molecule has 0 unspecified atom stereocenters. The van der Waals surface area contributed by atoms with E-state index in [2.05, 4.69) is 15.9 Å². The molecule has 3 rings (SSSR count). The number of carbonyl (C=O) groups excluding carboxylic acids is 1. The highest BCUT2D eigenvalue weighted by Gasteiger charge is 2.09. The van der Waals surface area contributed by atoms with Gasteiger partial charge < -0.3 is 4.74 Å². The van der Waals surface area contributed by atoms with Gasteiger partial charge in [0.25, 0.3) is 0 Å². The number of hydrogen-bond donors (Lipinski definition) is 0. The fraction of sp³-hybridized carbons (Fsp3) is 0. The molecule has 0 saturated carbocycles. The molecule has 98 valence electrons. The Morgan fingerprint density at radius 1 is 0.850 bits per heavy atom. The van der Waals surface area contributed by atoms with Crippen LogP contribution in [0.5, 0.6) is 11.5 Å². The van der Waals surface area contributed by atoms with Crippen molar-refractivity contribution in [1.82, 2.24) is 0 Å². The molecule has 0 aliphatic carbocycles. The molecular weight excluding hydrogens is 316 g/mol. The summed E-state index contributed by atoms with van der Waals surface area (Å²) in [6, 6.07) is 19.1. The van der Waals surface area contributed by atoms with Crippen molar-refractivity contribution in [3.8, 4) is 11.5 Å². The summed E-state index contributed by atoms with van der Waals surface area (Å²) in [5, 5.41) is 2.21. The molecule has 0 aliphatic heterocycles. The predicted octanol–water partition coefficient (Wildman–Crippen LogP) is 5.21. The number of halogens is 1. The highest BCUT2D eigenvalue weighted by Crippen LogP contribution is 2.36. The van der Waals surface area contributed by atoms with Crippen LogP contribution >= 0.6 is 15.9 Å². The van der Waals surface area contributed by atoms with Crippen LogP contribution in [0.15, 0.2) is 65.1 Å². The van der Waals surface area contributed by atoms with E-state index in [1.807, 2.05) is 48.5 Å². The lowest BCUT2D eigenvalue weighted by Crippen LogP contribution is -1.91. The first kappa shape index (κ1) is 12.9. The van der Waals surface area contributed by atoms with E-state index < -0.39 is 0 Å². The van der Waals surface area contributed by atoms with E-state index in [1.54, 1.807) is 12.1 Å². The van der Waals surface area contributed by atoms with Crippen LogP contribution in [0.3, 0.4) is 0 Å². The van der Waals surface area contributed by atoms with Crippen molar-refractivity contribution in [3.05, 3.63) is 70.7 Å². The molecule has 0 N–H and O–H groups in total. The van der Waals surface area contributed by atoms with Crippen LogP contribution in [0.2, 0.25) is 0 Å². The molecule has 3 heteroatoms. The van der Waals surface area contributed by atoms with Gasteiger partial charge in [-0.2, -0.15) is 0 Å². The van der Waals surface area contributed by atoms with E-state index in [4.69, 9.17) is 4.74 Å². The molecule has 2 nitrogen and oxygen atoms in total. The topological polar surface area (TPSA) is 26.3 Å². The van der Waals surface area contributed by atoms with E-state index in [1.165, 1.54) is 0 Å². The fourth-order valence-corrected chi connectivity index (χ4v) is 2.66. The molecule has 3 aromatic rings. The third-order valence-electron chi connectivity index (χ3n) is 3.09. The molecule has 0 radical (unpaired) electrons. The predicted molar refractivity (Wildman–Crippen MR) is 83.6 cm³/mol. The van der Waals surface area contributed by atoms with Gasteiger partial charge >= 0.3 is 0 Å². The largest absolute Gasteiger partial charge is 0.455 e. The molecular formula is C17H11BrO2. The molecule has 0 aromatic heterocycles. The number of carbonyl (C=O) groups is 1. The van der Waals surface area contributed by atoms with E-state index in [9.17, 15) is 4.79 Å². The van der Waals surface area contributed by atoms with Gasteiger partial charge in [0, 0.05) is 0 Å². The van der Waals surface area contributed by atoms with Crippen molar-refractivity contribution in [3.63, 3.8) is 0 Å². The van der Waals surface area contributed by atoms with Gasteiger partial charge in [-0.25, -0.2) is 0 Å². The zero-order valence-electron chi connectivity index (χ0n) is 10.5. The van der Waals surface area contributed by atoms with Crippen LogP contribution < -0.4 is 4.74 Å². The summed E-state index contributed by atoms with van der Waals surface area (Å²) >= 11 is 3.57. The molecule has 0 aliphatic rings. The lowest BCUT2D eigenvalue weighted by Gasteiger charge is -2.11. The minimum absolute atomic E-state index is 0.535. The monoisotopic (exact) mass is 326 g/mol. The van der Waals surface area contributed by atoms with Crippen LogP contribution in [0, 0.1) is 0 Å². The number of rotatable bonds is 3. The number of para-hydroxylation sites is 1. The second kappa shape index (κ2) is 5.47. The Bertz CT molecular complexity index is 781. The first-order valence-electron chi connectivity index (χ1n) is 6.19. The van der Waals surface area contributed by atoms with Gasteiger partial charge in [-0.05, 0) is 44.9 Å². The Hall–Kier alpha value is -2.13. The maximum atomic E-state index is 11.0. The highest BCUT2D eigenvalue weighted by atomic mass is 79.9. The van der Waals surface area contributed by atoms with E-state index in [-0.39, 0.29) is 0 Å². The average molecular weight is 327 g/mol. The summed E-state index contributed by atoms with van der Waals surface area (Å²) in [7, 11) is 0. The molecule has 0 saturated heterocycles. The lowest BCUT2D eigenvalue weighted by atomic mass is 10.1. The van der Waals surface area contributed by atoms with Crippen LogP contribution in [0.4, 0.5) is 0 Å². The summed E-state index contributed by atoms with van der Waals surface area (Å²) in [6.45, 7) is 0. The lowest BCUT2D eigenvalue weighted by molar-refractivity contribution is 0.112. The third-order valence-corrected chi connectivity index (χ3v) is 3.91. The Morgan fingerprint density at radius 3 is 2.45 bits per heavy atom. The second-order valence-corrected chi connectivity index (χ2v) is 5.15. The summed E-state index contributed by atoms with van der Waals surface area (Å²) in [5.74, 6) is 1.25. The summed E-state index contributed by atoms with van der Waals surface area (Å²) in [4.78, 5) is 11.0. The van der Waals surface area contributed by atoms with Gasteiger partial charge in [-0.3, -0.25) is 4.79 Å². The Kier molecular flexibility index (Phi) is 3.52. The van der Waals surface area contributed by atoms with E-state index in [0.717, 1.165) is 21.5 Å². The third kappa shape index (κ3) is 2.32. The molecule has 3 aromatic carbocycles. The van der Waals surface area contributed by atoms with Crippen LogP contribution in [0.25, 0.3) is 10.8 Å². The van der Waals surface area contributed by atoms with Crippen molar-refractivity contribution in [2.24, 2.45) is 0 Å². The molecule has 20 heavy (non-hydrogen) atoms. The summed E-state index contributed by atoms with van der Waals surface area (Å²) < 4.78 is 6.75. The summed E-state index contributed by atoms with van der Waals surface area (Å²) in [5.41, 5.74) is 0.535. The molecule has 0 atom stereocenters. The van der Waals surface area contributed by atoms with Gasteiger partial charge in [0.1, 0.15) is 11.5 Å². The molecule has 0 spiro atoms. The number of ether oxygens (including phenoxy) is 1. The van der Waals surface area contributed by atoms with E-state index >= 15 is 0 Å². The Balaban J connectivity index is 2.07. The second-order valence-electron chi connectivity index (χ2n) is 4.36. The van der Waals surface area contributed by atoms with Crippen LogP contribution in [-0.4, -0.2) is 6.29 Å². The molecule has 0 heterocycles. The molecule has 0 amide bonds. The minimum Gasteiger partial charge on any atom is -0.455 e. The molecule has 0 bridgehead atoms. The quantitative estimate of drug-likeness (QED) is 0.618. The number of aldehydes is 1. The SMILES string of the molecule is O=Cc1ccccc1Oc1ccc2ccccc2c1Br. The van der Waals surface area contributed by atoms with Gasteiger partial charge in [0.15, 0.2) is 6.29 Å². The van der Waals surface area contributed by atoms with Crippen LogP contribution in [-0.2, 0) is 0 Å². The highest BCUT2D eigenvalue weighted by molar-refractivity contribution is 9.10. The Morgan fingerprint density at radius 2 is 1.60 bits per heavy atom. The van der Waals surface area contributed by atoms with Crippen molar-refractivity contribution in [2.75, 3.05) is 0 Å². The minimum atomic E-state index is 0.535. The normalized spacial score (nSPS) is 10.4. The van der Waals surface area contributed by atoms with Gasteiger partial charge in [0.2, 0.25) is 0 Å². The first-order valence-corrected chi connectivity index (χ1v) is 6.98. The maximum Gasteiger partial charge on any atom is 0.153 e. The number of benzene rings is 3. The number of fused-ring (bicyclic) bond motifs is 1. The fourth-order valence-electron chi connectivity index (χ4n) is 2.08. The van der Waals surface area contributed by atoms with Crippen molar-refractivity contribution in [1.29, 1.82) is 0 Å². The van der Waals surface area contributed by atoms with Gasteiger partial charge in [0.05, 0.1) is 10.0 Å². The smallest absolute Gasteiger partial charge is 0.153 e.